The van der Waals surface area contributed by atoms with Crippen LogP contribution in [0.1, 0.15) is 36.0 Å². The van der Waals surface area contributed by atoms with Gasteiger partial charge in [-0.2, -0.15) is 0 Å². The zero-order chi connectivity index (χ0) is 18.0. The Morgan fingerprint density at radius 1 is 1.28 bits per heavy atom. The summed E-state index contributed by atoms with van der Waals surface area (Å²) in [6.45, 7) is 0.00248. The molecule has 1 aromatic rings. The van der Waals surface area contributed by atoms with Crippen molar-refractivity contribution in [2.24, 2.45) is 0 Å². The first kappa shape index (κ1) is 17.8. The number of amides is 3. The number of nitrogens with one attached hydrogen (secondary N) is 1. The second kappa shape index (κ2) is 7.47. The SMILES string of the molecule is CN(C)C(=O)c1ccc2c(c1)N(CC(=O)NC1CCCC1)C(=O)CS2. The molecule has 0 unspecified atom stereocenters. The number of nitrogens with zero attached hydrogens (tertiary/aromatic N) is 2. The van der Waals surface area contributed by atoms with Crippen LogP contribution in [0.3, 0.4) is 0 Å². The normalized spacial score (nSPS) is 17.4. The van der Waals surface area contributed by atoms with E-state index in [-0.39, 0.29) is 30.3 Å². The number of hydrogen-bond acceptors (Lipinski definition) is 4. The number of hydrogen-bond donors (Lipinski definition) is 1. The van der Waals surface area contributed by atoms with Crippen LogP contribution in [0.15, 0.2) is 23.1 Å². The van der Waals surface area contributed by atoms with Gasteiger partial charge in [0.25, 0.3) is 5.91 Å². The van der Waals surface area contributed by atoms with Crippen molar-refractivity contribution in [1.29, 1.82) is 0 Å². The smallest absolute Gasteiger partial charge is 0.253 e. The number of carbonyl (C=O) groups excluding carboxylic acids is 3. The fourth-order valence-electron chi connectivity index (χ4n) is 3.25. The summed E-state index contributed by atoms with van der Waals surface area (Å²) < 4.78 is 0. The number of rotatable bonds is 4. The van der Waals surface area contributed by atoms with Gasteiger partial charge in [-0.3, -0.25) is 14.4 Å². The minimum atomic E-state index is -0.137. The van der Waals surface area contributed by atoms with E-state index < -0.39 is 0 Å². The molecule has 7 heteroatoms. The summed E-state index contributed by atoms with van der Waals surface area (Å²) in [6.07, 6.45) is 4.30. The fraction of sp³-hybridized carbons (Fsp3) is 0.500. The minimum Gasteiger partial charge on any atom is -0.352 e. The van der Waals surface area contributed by atoms with Gasteiger partial charge in [0, 0.05) is 30.6 Å². The molecule has 3 rings (SSSR count). The average Bonchev–Trinajstić information content (AvgIpc) is 3.09. The van der Waals surface area contributed by atoms with Gasteiger partial charge in [0.2, 0.25) is 11.8 Å². The van der Waals surface area contributed by atoms with Gasteiger partial charge in [0.1, 0.15) is 6.54 Å². The third-order valence-electron chi connectivity index (χ3n) is 4.58. The van der Waals surface area contributed by atoms with E-state index >= 15 is 0 Å². The topological polar surface area (TPSA) is 69.7 Å². The molecule has 1 N–H and O–H groups in total. The average molecular weight is 361 g/mol. The lowest BCUT2D eigenvalue weighted by molar-refractivity contribution is -0.123. The van der Waals surface area contributed by atoms with Gasteiger partial charge in [-0.25, -0.2) is 0 Å². The van der Waals surface area contributed by atoms with E-state index in [1.165, 1.54) is 21.6 Å². The largest absolute Gasteiger partial charge is 0.352 e. The van der Waals surface area contributed by atoms with Crippen LogP contribution in [0.4, 0.5) is 5.69 Å². The van der Waals surface area contributed by atoms with Crippen LogP contribution < -0.4 is 10.2 Å². The Morgan fingerprint density at radius 2 is 2.00 bits per heavy atom. The van der Waals surface area contributed by atoms with Crippen LogP contribution in [0, 0.1) is 0 Å². The summed E-state index contributed by atoms with van der Waals surface area (Å²) in [4.78, 5) is 40.9. The molecule has 1 heterocycles. The van der Waals surface area contributed by atoms with Crippen molar-refractivity contribution in [3.05, 3.63) is 23.8 Å². The third kappa shape index (κ3) is 3.98. The fourth-order valence-corrected chi connectivity index (χ4v) is 4.17. The maximum absolute atomic E-state index is 12.4. The highest BCUT2D eigenvalue weighted by Crippen LogP contribution is 2.36. The van der Waals surface area contributed by atoms with Crippen LogP contribution in [0.2, 0.25) is 0 Å². The standard InChI is InChI=1S/C18H23N3O3S/c1-20(2)18(24)12-7-8-15-14(9-12)21(17(23)11-25-15)10-16(22)19-13-5-3-4-6-13/h7-9,13H,3-6,10-11H2,1-2H3,(H,19,22). The molecule has 0 radical (unpaired) electrons. The van der Waals surface area contributed by atoms with Gasteiger partial charge >= 0.3 is 0 Å². The molecule has 1 aliphatic carbocycles. The van der Waals surface area contributed by atoms with Crippen molar-refractivity contribution in [2.75, 3.05) is 31.3 Å². The van der Waals surface area contributed by atoms with Crippen molar-refractivity contribution in [3.63, 3.8) is 0 Å². The molecule has 1 aromatic carbocycles. The van der Waals surface area contributed by atoms with Gasteiger partial charge in [-0.1, -0.05) is 12.8 Å². The van der Waals surface area contributed by atoms with Crippen LogP contribution in [0.5, 0.6) is 0 Å². The van der Waals surface area contributed by atoms with Crippen molar-refractivity contribution in [2.45, 2.75) is 36.6 Å². The molecule has 0 bridgehead atoms. The summed E-state index contributed by atoms with van der Waals surface area (Å²) in [6, 6.07) is 5.55. The van der Waals surface area contributed by atoms with Crippen LogP contribution >= 0.6 is 11.8 Å². The molecule has 25 heavy (non-hydrogen) atoms. The first-order chi connectivity index (χ1) is 12.0. The molecule has 1 aliphatic heterocycles. The Labute approximate surface area is 151 Å². The first-order valence-corrected chi connectivity index (χ1v) is 9.52. The Kier molecular flexibility index (Phi) is 5.32. The van der Waals surface area contributed by atoms with E-state index in [1.54, 1.807) is 26.2 Å². The van der Waals surface area contributed by atoms with E-state index in [4.69, 9.17) is 0 Å². The second-order valence-electron chi connectivity index (χ2n) is 6.70. The molecule has 134 valence electrons. The highest BCUT2D eigenvalue weighted by molar-refractivity contribution is 8.00. The molecule has 1 fully saturated rings. The number of fused-ring (bicyclic) bond motifs is 1. The Balaban J connectivity index is 1.80. The summed E-state index contributed by atoms with van der Waals surface area (Å²) >= 11 is 1.44. The van der Waals surface area contributed by atoms with Crippen molar-refractivity contribution < 1.29 is 14.4 Å². The summed E-state index contributed by atoms with van der Waals surface area (Å²) in [5.41, 5.74) is 1.16. The Morgan fingerprint density at radius 3 is 2.68 bits per heavy atom. The number of carbonyl (C=O) groups is 3. The van der Waals surface area contributed by atoms with E-state index in [0.717, 1.165) is 30.6 Å². The molecule has 1 saturated carbocycles. The summed E-state index contributed by atoms with van der Waals surface area (Å²) in [5.74, 6) is -0.0536. The molecular formula is C18H23N3O3S. The first-order valence-electron chi connectivity index (χ1n) is 8.54. The zero-order valence-corrected chi connectivity index (χ0v) is 15.4. The van der Waals surface area contributed by atoms with E-state index in [9.17, 15) is 14.4 Å². The number of benzene rings is 1. The maximum atomic E-state index is 12.4. The minimum absolute atomic E-state index is 0.00248. The van der Waals surface area contributed by atoms with Gasteiger partial charge < -0.3 is 15.1 Å². The van der Waals surface area contributed by atoms with E-state index in [0.29, 0.717) is 17.0 Å². The zero-order valence-electron chi connectivity index (χ0n) is 14.6. The lowest BCUT2D eigenvalue weighted by Gasteiger charge is -2.29. The molecule has 0 spiro atoms. The van der Waals surface area contributed by atoms with Crippen molar-refractivity contribution in [3.8, 4) is 0 Å². The number of thioether (sulfide) groups is 1. The van der Waals surface area contributed by atoms with Crippen LogP contribution in [0.25, 0.3) is 0 Å². The molecule has 6 nitrogen and oxygen atoms in total. The molecule has 3 amide bonds. The molecule has 0 atom stereocenters. The van der Waals surface area contributed by atoms with Crippen LogP contribution in [-0.2, 0) is 9.59 Å². The van der Waals surface area contributed by atoms with Gasteiger partial charge in [0.05, 0.1) is 11.4 Å². The number of anilines is 1. The second-order valence-corrected chi connectivity index (χ2v) is 7.72. The molecular weight excluding hydrogens is 338 g/mol. The summed E-state index contributed by atoms with van der Waals surface area (Å²) in [7, 11) is 3.38. The van der Waals surface area contributed by atoms with E-state index in [1.807, 2.05) is 6.07 Å². The van der Waals surface area contributed by atoms with Crippen LogP contribution in [-0.4, -0.2) is 55.1 Å². The Hall–Kier alpha value is -2.02. The van der Waals surface area contributed by atoms with Crippen molar-refractivity contribution >= 4 is 35.2 Å². The highest BCUT2D eigenvalue weighted by Gasteiger charge is 2.28. The third-order valence-corrected chi connectivity index (χ3v) is 5.62. The predicted molar refractivity (Wildman–Crippen MR) is 97.9 cm³/mol. The van der Waals surface area contributed by atoms with Gasteiger partial charge in [0.15, 0.2) is 0 Å². The predicted octanol–water partition coefficient (Wildman–Crippen LogP) is 1.89. The lowest BCUT2D eigenvalue weighted by Crippen LogP contribution is -2.45. The molecule has 0 saturated heterocycles. The Bertz CT molecular complexity index is 699. The molecule has 0 aromatic heterocycles. The molecule has 2 aliphatic rings. The van der Waals surface area contributed by atoms with Gasteiger partial charge in [-0.05, 0) is 31.0 Å². The highest BCUT2D eigenvalue weighted by atomic mass is 32.2. The van der Waals surface area contributed by atoms with E-state index in [2.05, 4.69) is 5.32 Å². The monoisotopic (exact) mass is 361 g/mol. The van der Waals surface area contributed by atoms with Crippen molar-refractivity contribution in [1.82, 2.24) is 10.2 Å². The quantitative estimate of drug-likeness (QED) is 0.889. The maximum Gasteiger partial charge on any atom is 0.253 e. The van der Waals surface area contributed by atoms with Gasteiger partial charge in [-0.15, -0.1) is 11.8 Å². The lowest BCUT2D eigenvalue weighted by atomic mass is 10.1. The summed E-state index contributed by atoms with van der Waals surface area (Å²) in [5, 5.41) is 3.02.